The highest BCUT2D eigenvalue weighted by molar-refractivity contribution is 6.49. The van der Waals surface area contributed by atoms with Crippen LogP contribution in [0.2, 0.25) is 5.82 Å². The number of carbonyl (C=O) groups is 2. The third kappa shape index (κ3) is 7.64. The van der Waals surface area contributed by atoms with Crippen molar-refractivity contribution in [2.45, 2.75) is 89.9 Å². The molecule has 11 nitrogen and oxygen atoms in total. The van der Waals surface area contributed by atoms with Crippen LogP contribution in [-0.4, -0.2) is 52.4 Å². The summed E-state index contributed by atoms with van der Waals surface area (Å²) in [7, 11) is -1.81. The highest BCUT2D eigenvalue weighted by Crippen LogP contribution is 2.61. The molecule has 0 aromatic heterocycles. The number of ketones is 1. The molecule has 0 radical (unpaired) electrons. The number of aliphatic imine (C=N–C) groups is 1. The first-order chi connectivity index (χ1) is 16.5. The third-order valence-corrected chi connectivity index (χ3v) is 7.97. The Morgan fingerprint density at radius 1 is 1.17 bits per heavy atom. The van der Waals surface area contributed by atoms with Gasteiger partial charge in [0.1, 0.15) is 0 Å². The molecule has 0 heterocycles. The lowest BCUT2D eigenvalue weighted by atomic mass is 9.49. The van der Waals surface area contributed by atoms with Gasteiger partial charge in [-0.15, -0.1) is 0 Å². The lowest BCUT2D eigenvalue weighted by Gasteiger charge is -2.56. The molecule has 0 aliphatic heterocycles. The number of guanidine groups is 1. The van der Waals surface area contributed by atoms with Crippen LogP contribution in [-0.2, 0) is 9.59 Å². The fourth-order valence-electron chi connectivity index (χ4n) is 7.15. The van der Waals surface area contributed by atoms with E-state index in [1.54, 1.807) is 5.43 Å². The minimum atomic E-state index is -1.81. The molecule has 196 valence electrons. The summed E-state index contributed by atoms with van der Waals surface area (Å²) in [5.74, 6) is 0.267. The van der Waals surface area contributed by atoms with Crippen LogP contribution in [0.15, 0.2) is 4.99 Å². The van der Waals surface area contributed by atoms with Gasteiger partial charge in [-0.25, -0.2) is 15.1 Å². The molecule has 0 spiro atoms. The van der Waals surface area contributed by atoms with Gasteiger partial charge < -0.3 is 21.1 Å². The predicted molar refractivity (Wildman–Crippen MR) is 131 cm³/mol. The number of hydrogen-bond acceptors (Lipinski definition) is 7. The summed E-state index contributed by atoms with van der Waals surface area (Å²) in [6.07, 6.45) is 8.32. The number of nitrogens with two attached hydrogens (primary N) is 1. The topological polar surface area (TPSA) is 180 Å². The van der Waals surface area contributed by atoms with E-state index in [1.165, 1.54) is 19.3 Å². The summed E-state index contributed by atoms with van der Waals surface area (Å²) < 4.78 is 0. The zero-order chi connectivity index (χ0) is 25.8. The lowest BCUT2D eigenvalue weighted by Crippen LogP contribution is -2.50. The minimum absolute atomic E-state index is 0.0210. The van der Waals surface area contributed by atoms with Crippen LogP contribution in [0, 0.1) is 39.2 Å². The summed E-state index contributed by atoms with van der Waals surface area (Å²) in [6, 6.07) is -0.887. The maximum Gasteiger partial charge on any atom is 0.462 e. The zero-order valence-electron chi connectivity index (χ0n) is 20.8. The predicted octanol–water partition coefficient (Wildman–Crippen LogP) is 1.41. The molecule has 6 N–H and O–H groups in total. The summed E-state index contributed by atoms with van der Waals surface area (Å²) in [4.78, 5) is 40.8. The standard InChI is InChI=1S/C23H40BN5O6/c1-14(2)6-18(24(32)33)21(31)19(4-3-5-26-22(25)28-29(34)35)27-20(30)13-23-10-15-7-16(11-23)9-17(8-15)12-23/h14-19,32-33H,3-13H2,1-2H3,(H,27,30)(H3,25,26,28)/t15?,16?,17?,18-,19+,23?/m1/s1. The second-order valence-electron chi connectivity index (χ2n) is 11.5. The largest absolute Gasteiger partial charge is 0.462 e. The van der Waals surface area contributed by atoms with Gasteiger partial charge in [-0.2, -0.15) is 0 Å². The van der Waals surface area contributed by atoms with Crippen LogP contribution in [0.1, 0.15) is 78.1 Å². The number of Topliss-reactive ketones (excluding diaryl/α,β-unsaturated/α-hetero) is 1. The van der Waals surface area contributed by atoms with Crippen LogP contribution in [0.3, 0.4) is 0 Å². The number of amides is 1. The normalized spacial score (nSPS) is 29.1. The van der Waals surface area contributed by atoms with Crippen molar-refractivity contribution >= 4 is 24.8 Å². The molecule has 35 heavy (non-hydrogen) atoms. The quantitative estimate of drug-likeness (QED) is 0.0638. The second kappa shape index (κ2) is 11.7. The minimum Gasteiger partial charge on any atom is -0.427 e. The molecule has 4 saturated carbocycles. The molecular formula is C23H40BN5O6. The Balaban J connectivity index is 1.65. The van der Waals surface area contributed by atoms with E-state index in [4.69, 9.17) is 5.73 Å². The van der Waals surface area contributed by atoms with Crippen molar-refractivity contribution in [3.63, 3.8) is 0 Å². The Morgan fingerprint density at radius 2 is 1.74 bits per heavy atom. The van der Waals surface area contributed by atoms with Gasteiger partial charge in [-0.05, 0) is 86.9 Å². The van der Waals surface area contributed by atoms with Crippen molar-refractivity contribution in [2.24, 2.45) is 39.8 Å². The van der Waals surface area contributed by atoms with Gasteiger partial charge in [0.25, 0.3) is 5.96 Å². The number of nitro groups is 1. The smallest absolute Gasteiger partial charge is 0.427 e. The highest BCUT2D eigenvalue weighted by Gasteiger charge is 2.51. The van der Waals surface area contributed by atoms with E-state index in [-0.39, 0.29) is 42.6 Å². The van der Waals surface area contributed by atoms with Crippen molar-refractivity contribution in [3.8, 4) is 0 Å². The number of nitrogens with one attached hydrogen (secondary N) is 2. The van der Waals surface area contributed by atoms with Gasteiger partial charge in [0.2, 0.25) is 5.91 Å². The van der Waals surface area contributed by atoms with E-state index in [9.17, 15) is 29.8 Å². The van der Waals surface area contributed by atoms with E-state index in [0.29, 0.717) is 30.6 Å². The van der Waals surface area contributed by atoms with Crippen LogP contribution in [0.5, 0.6) is 0 Å². The highest BCUT2D eigenvalue weighted by atomic mass is 16.7. The van der Waals surface area contributed by atoms with E-state index in [2.05, 4.69) is 10.3 Å². The van der Waals surface area contributed by atoms with Gasteiger partial charge in [0.15, 0.2) is 10.8 Å². The molecule has 4 aliphatic carbocycles. The summed E-state index contributed by atoms with van der Waals surface area (Å²) in [5, 5.41) is 32.3. The van der Waals surface area contributed by atoms with Crippen molar-refractivity contribution in [2.75, 3.05) is 6.54 Å². The fraction of sp³-hybridized carbons (Fsp3) is 0.870. The molecule has 4 rings (SSSR count). The third-order valence-electron chi connectivity index (χ3n) is 7.97. The summed E-state index contributed by atoms with van der Waals surface area (Å²) in [6.45, 7) is 3.91. The number of hydrazine groups is 1. The average molecular weight is 493 g/mol. The van der Waals surface area contributed by atoms with Crippen LogP contribution in [0.25, 0.3) is 0 Å². The van der Waals surface area contributed by atoms with E-state index >= 15 is 0 Å². The second-order valence-corrected chi connectivity index (χ2v) is 11.5. The molecule has 0 saturated heterocycles. The van der Waals surface area contributed by atoms with Crippen molar-refractivity contribution < 1.29 is 24.7 Å². The van der Waals surface area contributed by atoms with Crippen molar-refractivity contribution in [3.05, 3.63) is 10.1 Å². The summed E-state index contributed by atoms with van der Waals surface area (Å²) in [5.41, 5.74) is 7.22. The van der Waals surface area contributed by atoms with Crippen LogP contribution < -0.4 is 16.5 Å². The number of nitrogens with zero attached hydrogens (tertiary/aromatic N) is 2. The molecule has 2 atom stereocenters. The molecule has 0 aromatic carbocycles. The monoisotopic (exact) mass is 493 g/mol. The maximum atomic E-state index is 13.3. The number of rotatable bonds is 13. The first kappa shape index (κ1) is 27.4. The molecule has 4 aliphatic rings. The molecule has 12 heteroatoms. The Kier molecular flexibility index (Phi) is 9.14. The van der Waals surface area contributed by atoms with Crippen molar-refractivity contribution in [1.82, 2.24) is 10.7 Å². The van der Waals surface area contributed by atoms with E-state index in [1.807, 2.05) is 13.8 Å². The SMILES string of the molecule is CC(C)C[C@@H](B(O)O)C(=O)[C@H](CCCN=C(N)N[N+](=O)[O-])NC(=O)CC12CC3CC(CC(C3)C1)C2. The van der Waals surface area contributed by atoms with Crippen LogP contribution in [0.4, 0.5) is 0 Å². The van der Waals surface area contributed by atoms with Gasteiger partial charge in [-0.1, -0.05) is 19.3 Å². The maximum absolute atomic E-state index is 13.3. The van der Waals surface area contributed by atoms with Gasteiger partial charge in [-0.3, -0.25) is 9.59 Å². The van der Waals surface area contributed by atoms with Gasteiger partial charge >= 0.3 is 7.12 Å². The Hall–Kier alpha value is -2.21. The summed E-state index contributed by atoms with van der Waals surface area (Å²) >= 11 is 0. The number of carbonyl (C=O) groups excluding carboxylic acids is 2. The molecule has 1 amide bonds. The number of hydrogen-bond donors (Lipinski definition) is 5. The van der Waals surface area contributed by atoms with Gasteiger partial charge in [0, 0.05) is 13.0 Å². The van der Waals surface area contributed by atoms with E-state index < -0.39 is 29.8 Å². The first-order valence-corrected chi connectivity index (χ1v) is 12.9. The Bertz CT molecular complexity index is 785. The van der Waals surface area contributed by atoms with E-state index in [0.717, 1.165) is 19.3 Å². The molecule has 0 unspecified atom stereocenters. The molecule has 4 bridgehead atoms. The fourth-order valence-corrected chi connectivity index (χ4v) is 7.15. The van der Waals surface area contributed by atoms with Gasteiger partial charge in [0.05, 0.1) is 11.9 Å². The Morgan fingerprint density at radius 3 is 2.23 bits per heavy atom. The Labute approximate surface area is 207 Å². The van der Waals surface area contributed by atoms with Crippen molar-refractivity contribution in [1.29, 1.82) is 0 Å². The lowest BCUT2D eigenvalue weighted by molar-refractivity contribution is -0.525. The first-order valence-electron chi connectivity index (χ1n) is 12.9. The zero-order valence-corrected chi connectivity index (χ0v) is 20.8. The average Bonchev–Trinajstić information content (AvgIpc) is 2.71. The molecular weight excluding hydrogens is 453 g/mol. The molecule has 0 aromatic rings. The van der Waals surface area contributed by atoms with Crippen LogP contribution >= 0.6 is 0 Å². The molecule has 4 fully saturated rings.